The predicted octanol–water partition coefficient (Wildman–Crippen LogP) is 2.87. The molecule has 1 aromatic rings. The summed E-state index contributed by atoms with van der Waals surface area (Å²) in [5.74, 6) is -2.14. The first-order chi connectivity index (χ1) is 11.2. The Morgan fingerprint density at radius 2 is 2.00 bits per heavy atom. The maximum absolute atomic E-state index is 12.8. The van der Waals surface area contributed by atoms with E-state index in [-0.39, 0.29) is 28.3 Å². The quantitative estimate of drug-likeness (QED) is 0.872. The number of carboxylic acid groups (broad SMARTS) is 1. The minimum Gasteiger partial charge on any atom is -0.481 e. The lowest BCUT2D eigenvalue weighted by Gasteiger charge is -2.24. The summed E-state index contributed by atoms with van der Waals surface area (Å²) < 4.78 is 0. The molecule has 1 aromatic carbocycles. The van der Waals surface area contributed by atoms with Crippen LogP contribution in [-0.2, 0) is 9.59 Å². The Morgan fingerprint density at radius 3 is 2.54 bits per heavy atom. The molecule has 0 bridgehead atoms. The van der Waals surface area contributed by atoms with Crippen molar-refractivity contribution in [3.63, 3.8) is 0 Å². The second kappa shape index (κ2) is 7.21. The van der Waals surface area contributed by atoms with Gasteiger partial charge in [-0.2, -0.15) is 0 Å². The molecule has 2 rings (SSSR count). The molecular weight excluding hydrogens is 332 g/mol. The van der Waals surface area contributed by atoms with Gasteiger partial charge in [-0.05, 0) is 31.5 Å². The van der Waals surface area contributed by atoms with Crippen molar-refractivity contribution in [3.05, 3.63) is 28.8 Å². The third kappa shape index (κ3) is 3.70. The van der Waals surface area contributed by atoms with Crippen LogP contribution < -0.4 is 5.32 Å². The lowest BCUT2D eigenvalue weighted by molar-refractivity contribution is -0.142. The molecule has 2 unspecified atom stereocenters. The van der Waals surface area contributed by atoms with Crippen molar-refractivity contribution in [2.24, 2.45) is 11.8 Å². The van der Waals surface area contributed by atoms with E-state index in [0.717, 1.165) is 0 Å². The first kappa shape index (κ1) is 18.3. The van der Waals surface area contributed by atoms with Crippen LogP contribution in [0, 0.1) is 11.8 Å². The highest BCUT2D eigenvalue weighted by Gasteiger charge is 2.38. The number of amides is 2. The van der Waals surface area contributed by atoms with Gasteiger partial charge in [-0.25, -0.2) is 0 Å². The fraction of sp³-hybridized carbons (Fsp3) is 0.471. The molecule has 1 heterocycles. The van der Waals surface area contributed by atoms with E-state index in [9.17, 15) is 19.5 Å². The van der Waals surface area contributed by atoms with Gasteiger partial charge in [-0.15, -0.1) is 0 Å². The Balaban J connectivity index is 2.23. The number of anilines is 1. The smallest absolute Gasteiger partial charge is 0.308 e. The SMILES string of the molecule is CC(C)C(=O)Nc1ccc(Cl)c(C(=O)N2CCC(C(=O)O)C2C)c1. The number of hydrogen-bond acceptors (Lipinski definition) is 3. The third-order valence-corrected chi connectivity index (χ3v) is 4.65. The van der Waals surface area contributed by atoms with Gasteiger partial charge in [0.15, 0.2) is 0 Å². The molecule has 2 N–H and O–H groups in total. The molecule has 2 atom stereocenters. The van der Waals surface area contributed by atoms with Crippen LogP contribution in [0.2, 0.25) is 5.02 Å². The highest BCUT2D eigenvalue weighted by Crippen LogP contribution is 2.29. The van der Waals surface area contributed by atoms with Crippen molar-refractivity contribution < 1.29 is 19.5 Å². The average Bonchev–Trinajstić information content (AvgIpc) is 2.90. The minimum atomic E-state index is -0.901. The summed E-state index contributed by atoms with van der Waals surface area (Å²) in [7, 11) is 0. The van der Waals surface area contributed by atoms with Crippen molar-refractivity contribution in [1.82, 2.24) is 4.90 Å². The first-order valence-electron chi connectivity index (χ1n) is 7.86. The molecule has 0 spiro atoms. The van der Waals surface area contributed by atoms with Gasteiger partial charge in [-0.3, -0.25) is 14.4 Å². The Kier molecular flexibility index (Phi) is 5.49. The summed E-state index contributed by atoms with van der Waals surface area (Å²) in [6, 6.07) is 4.32. The van der Waals surface area contributed by atoms with Crippen molar-refractivity contribution in [2.75, 3.05) is 11.9 Å². The number of nitrogens with zero attached hydrogens (tertiary/aromatic N) is 1. The maximum atomic E-state index is 12.8. The average molecular weight is 353 g/mol. The number of carbonyl (C=O) groups is 3. The summed E-state index contributed by atoms with van der Waals surface area (Å²) in [6.07, 6.45) is 0.420. The normalized spacial score (nSPS) is 20.3. The second-order valence-corrected chi connectivity index (χ2v) is 6.72. The summed E-state index contributed by atoms with van der Waals surface area (Å²) in [5.41, 5.74) is 0.749. The second-order valence-electron chi connectivity index (χ2n) is 6.31. The van der Waals surface area contributed by atoms with E-state index in [1.54, 1.807) is 32.9 Å². The van der Waals surface area contributed by atoms with Crippen LogP contribution in [0.3, 0.4) is 0 Å². The van der Waals surface area contributed by atoms with Gasteiger partial charge in [0.2, 0.25) is 5.91 Å². The maximum Gasteiger partial charge on any atom is 0.308 e. The molecule has 0 saturated carbocycles. The summed E-state index contributed by atoms with van der Waals surface area (Å²) in [5, 5.41) is 12.2. The zero-order valence-corrected chi connectivity index (χ0v) is 14.6. The van der Waals surface area contributed by atoms with E-state index < -0.39 is 17.9 Å². The van der Waals surface area contributed by atoms with Crippen LogP contribution in [0.25, 0.3) is 0 Å². The highest BCUT2D eigenvalue weighted by molar-refractivity contribution is 6.34. The number of likely N-dealkylation sites (tertiary alicyclic amines) is 1. The van der Waals surface area contributed by atoms with Gasteiger partial charge in [0.05, 0.1) is 16.5 Å². The molecule has 0 radical (unpaired) electrons. The van der Waals surface area contributed by atoms with Gasteiger partial charge in [0.1, 0.15) is 0 Å². The Labute approximate surface area is 145 Å². The van der Waals surface area contributed by atoms with E-state index in [4.69, 9.17) is 11.6 Å². The summed E-state index contributed by atoms with van der Waals surface area (Å²) in [6.45, 7) is 5.64. The van der Waals surface area contributed by atoms with Crippen LogP contribution >= 0.6 is 11.6 Å². The monoisotopic (exact) mass is 352 g/mol. The minimum absolute atomic E-state index is 0.156. The fourth-order valence-electron chi connectivity index (χ4n) is 2.76. The van der Waals surface area contributed by atoms with Gasteiger partial charge < -0.3 is 15.3 Å². The van der Waals surface area contributed by atoms with Gasteiger partial charge >= 0.3 is 5.97 Å². The molecule has 7 heteroatoms. The molecule has 2 amide bonds. The largest absolute Gasteiger partial charge is 0.481 e. The zero-order valence-electron chi connectivity index (χ0n) is 13.9. The van der Waals surface area contributed by atoms with Gasteiger partial charge in [0.25, 0.3) is 5.91 Å². The van der Waals surface area contributed by atoms with E-state index in [0.29, 0.717) is 18.7 Å². The van der Waals surface area contributed by atoms with Crippen LogP contribution in [-0.4, -0.2) is 40.4 Å². The number of carbonyl (C=O) groups excluding carboxylic acids is 2. The van der Waals surface area contributed by atoms with Crippen molar-refractivity contribution in [3.8, 4) is 0 Å². The number of hydrogen-bond donors (Lipinski definition) is 2. The molecule has 0 aliphatic carbocycles. The topological polar surface area (TPSA) is 86.7 Å². The highest BCUT2D eigenvalue weighted by atomic mass is 35.5. The molecule has 1 aliphatic rings. The van der Waals surface area contributed by atoms with Gasteiger partial charge in [-0.1, -0.05) is 25.4 Å². The first-order valence-corrected chi connectivity index (χ1v) is 8.24. The van der Waals surface area contributed by atoms with Crippen LogP contribution in [0.1, 0.15) is 37.6 Å². The summed E-state index contributed by atoms with van der Waals surface area (Å²) in [4.78, 5) is 37.3. The molecule has 1 fully saturated rings. The molecule has 0 aromatic heterocycles. The van der Waals surface area contributed by atoms with Crippen LogP contribution in [0.5, 0.6) is 0 Å². The van der Waals surface area contributed by atoms with E-state index >= 15 is 0 Å². The van der Waals surface area contributed by atoms with E-state index in [1.165, 1.54) is 11.0 Å². The lowest BCUT2D eigenvalue weighted by Crippen LogP contribution is -2.37. The summed E-state index contributed by atoms with van der Waals surface area (Å²) >= 11 is 6.14. The molecular formula is C17H21ClN2O4. The number of aliphatic carboxylic acids is 1. The third-order valence-electron chi connectivity index (χ3n) is 4.32. The van der Waals surface area contributed by atoms with E-state index in [2.05, 4.69) is 5.32 Å². The Morgan fingerprint density at radius 1 is 1.33 bits per heavy atom. The predicted molar refractivity (Wildman–Crippen MR) is 91.2 cm³/mol. The number of carboxylic acids is 1. The Bertz CT molecular complexity index is 675. The van der Waals surface area contributed by atoms with Crippen LogP contribution in [0.4, 0.5) is 5.69 Å². The standard InChI is InChI=1S/C17H21ClN2O4/c1-9(2)15(21)19-11-4-5-14(18)13(8-11)16(22)20-7-6-12(10(20)3)17(23)24/h4-5,8-10,12H,6-7H2,1-3H3,(H,19,21)(H,23,24). The van der Waals surface area contributed by atoms with Crippen molar-refractivity contribution in [1.29, 1.82) is 0 Å². The molecule has 1 aliphatic heterocycles. The van der Waals surface area contributed by atoms with Crippen molar-refractivity contribution in [2.45, 2.75) is 33.2 Å². The van der Waals surface area contributed by atoms with E-state index in [1.807, 2.05) is 0 Å². The number of benzene rings is 1. The van der Waals surface area contributed by atoms with Crippen LogP contribution in [0.15, 0.2) is 18.2 Å². The molecule has 130 valence electrons. The Hall–Kier alpha value is -2.08. The molecule has 6 nitrogen and oxygen atoms in total. The zero-order chi connectivity index (χ0) is 18.0. The number of halogens is 1. The lowest BCUT2D eigenvalue weighted by atomic mass is 10.0. The molecule has 1 saturated heterocycles. The van der Waals surface area contributed by atoms with Gasteiger partial charge in [0, 0.05) is 24.2 Å². The molecule has 24 heavy (non-hydrogen) atoms. The number of nitrogens with one attached hydrogen (secondary N) is 1. The van der Waals surface area contributed by atoms with Crippen molar-refractivity contribution >= 4 is 35.1 Å². The number of rotatable bonds is 4. The fourth-order valence-corrected chi connectivity index (χ4v) is 2.96.